The minimum Gasteiger partial charge on any atom is -0.324 e. The number of aryl methyl sites for hydroxylation is 2. The molecule has 2 N–H and O–H groups in total. The Morgan fingerprint density at radius 3 is 2.63 bits per heavy atom. The molecule has 0 aliphatic heterocycles. The maximum Gasteiger partial charge on any atom is 0.263 e. The summed E-state index contributed by atoms with van der Waals surface area (Å²) >= 11 is 5.88. The SMILES string of the molecule is Cc1nnc(-c2ncn3cc(-c4c(F)ccc(NS(=O)(=O)c5cc(Cl)cnc5C)c4F)ccc23)[nH]1. The van der Waals surface area contributed by atoms with Crippen LogP contribution in [0.15, 0.2) is 53.9 Å². The van der Waals surface area contributed by atoms with Crippen molar-refractivity contribution >= 4 is 32.8 Å². The van der Waals surface area contributed by atoms with Gasteiger partial charge in [-0.15, -0.1) is 10.2 Å². The zero-order chi connectivity index (χ0) is 24.9. The fourth-order valence-electron chi connectivity index (χ4n) is 3.64. The summed E-state index contributed by atoms with van der Waals surface area (Å²) in [6.07, 6.45) is 4.26. The molecule has 178 valence electrons. The minimum atomic E-state index is -4.25. The van der Waals surface area contributed by atoms with Gasteiger partial charge in [0.25, 0.3) is 10.0 Å². The van der Waals surface area contributed by atoms with E-state index in [0.29, 0.717) is 22.9 Å². The molecule has 0 fully saturated rings. The first kappa shape index (κ1) is 22.9. The van der Waals surface area contributed by atoms with E-state index in [0.717, 1.165) is 12.1 Å². The molecule has 9 nitrogen and oxygen atoms in total. The van der Waals surface area contributed by atoms with Crippen LogP contribution < -0.4 is 4.72 Å². The number of nitrogens with zero attached hydrogens (tertiary/aromatic N) is 5. The van der Waals surface area contributed by atoms with E-state index in [1.165, 1.54) is 37.8 Å². The number of pyridine rings is 2. The van der Waals surface area contributed by atoms with Crippen molar-refractivity contribution in [2.45, 2.75) is 18.7 Å². The number of hydrogen-bond donors (Lipinski definition) is 2. The van der Waals surface area contributed by atoms with Crippen LogP contribution >= 0.6 is 11.6 Å². The van der Waals surface area contributed by atoms with Crippen LogP contribution in [0.2, 0.25) is 5.02 Å². The highest BCUT2D eigenvalue weighted by molar-refractivity contribution is 7.92. The molecule has 4 heterocycles. The zero-order valence-electron chi connectivity index (χ0n) is 18.2. The van der Waals surface area contributed by atoms with Crippen LogP contribution in [0.5, 0.6) is 0 Å². The minimum absolute atomic E-state index is 0.102. The summed E-state index contributed by atoms with van der Waals surface area (Å²) in [5, 5.41) is 8.04. The first-order valence-electron chi connectivity index (χ1n) is 10.1. The maximum atomic E-state index is 15.5. The first-order chi connectivity index (χ1) is 16.6. The molecule has 0 spiro atoms. The molecule has 0 aliphatic carbocycles. The number of aromatic nitrogens is 6. The average molecular weight is 516 g/mol. The zero-order valence-corrected chi connectivity index (χ0v) is 19.8. The Hall–Kier alpha value is -3.90. The van der Waals surface area contributed by atoms with Gasteiger partial charge in [-0.3, -0.25) is 9.71 Å². The number of benzene rings is 1. The second kappa shape index (κ2) is 8.40. The summed E-state index contributed by atoms with van der Waals surface area (Å²) in [5.41, 5.74) is 0.666. The standard InChI is InChI=1S/C22H16ClF2N7O2S/c1-11-18(7-14(23)8-26-11)35(33,34)31-16-5-4-15(24)19(20(16)25)13-3-6-17-21(27-10-32(17)9-13)22-28-12(2)29-30-22/h3-10,31H,1-2H3,(H,28,29,30). The fraction of sp³-hybridized carbons (Fsp3) is 0.0909. The Labute approximate surface area is 202 Å². The molecule has 0 saturated carbocycles. The summed E-state index contributed by atoms with van der Waals surface area (Å²) in [5.74, 6) is -0.870. The summed E-state index contributed by atoms with van der Waals surface area (Å²) in [6.45, 7) is 3.23. The Morgan fingerprint density at radius 1 is 1.09 bits per heavy atom. The number of imidazole rings is 1. The Morgan fingerprint density at radius 2 is 1.89 bits per heavy atom. The molecule has 0 saturated heterocycles. The molecule has 35 heavy (non-hydrogen) atoms. The lowest BCUT2D eigenvalue weighted by Crippen LogP contribution is -2.16. The van der Waals surface area contributed by atoms with E-state index < -0.39 is 32.9 Å². The van der Waals surface area contributed by atoms with E-state index in [1.807, 2.05) is 0 Å². The highest BCUT2D eigenvalue weighted by Crippen LogP contribution is 2.33. The van der Waals surface area contributed by atoms with Crippen molar-refractivity contribution in [3.63, 3.8) is 0 Å². The molecule has 0 aliphatic rings. The Bertz CT molecular complexity index is 1720. The largest absolute Gasteiger partial charge is 0.324 e. The van der Waals surface area contributed by atoms with Crippen molar-refractivity contribution < 1.29 is 17.2 Å². The van der Waals surface area contributed by atoms with Crippen molar-refractivity contribution in [2.75, 3.05) is 4.72 Å². The van der Waals surface area contributed by atoms with Crippen LogP contribution in [0.1, 0.15) is 11.5 Å². The number of halogens is 3. The smallest absolute Gasteiger partial charge is 0.263 e. The fourth-order valence-corrected chi connectivity index (χ4v) is 5.14. The number of fused-ring (bicyclic) bond motifs is 1. The van der Waals surface area contributed by atoms with Gasteiger partial charge in [0.1, 0.15) is 28.6 Å². The molecular weight excluding hydrogens is 500 g/mol. The van der Waals surface area contributed by atoms with Crippen LogP contribution in [-0.4, -0.2) is 38.0 Å². The van der Waals surface area contributed by atoms with Crippen molar-refractivity contribution in [1.29, 1.82) is 0 Å². The van der Waals surface area contributed by atoms with Crippen molar-refractivity contribution in [2.24, 2.45) is 0 Å². The lowest BCUT2D eigenvalue weighted by atomic mass is 10.0. The highest BCUT2D eigenvalue weighted by atomic mass is 35.5. The molecular formula is C22H16ClF2N7O2S. The molecule has 0 bridgehead atoms. The third kappa shape index (κ3) is 4.10. The van der Waals surface area contributed by atoms with Gasteiger partial charge in [0.2, 0.25) is 0 Å². The van der Waals surface area contributed by atoms with E-state index in [4.69, 9.17) is 11.6 Å². The summed E-state index contributed by atoms with van der Waals surface area (Å²) in [6, 6.07) is 6.34. The molecule has 4 aromatic heterocycles. The summed E-state index contributed by atoms with van der Waals surface area (Å²) < 4.78 is 59.7. The van der Waals surface area contributed by atoms with Gasteiger partial charge in [0, 0.05) is 18.0 Å². The maximum absolute atomic E-state index is 15.5. The van der Waals surface area contributed by atoms with Crippen LogP contribution in [0.4, 0.5) is 14.5 Å². The van der Waals surface area contributed by atoms with Crippen LogP contribution in [-0.2, 0) is 10.0 Å². The van der Waals surface area contributed by atoms with Gasteiger partial charge in [-0.25, -0.2) is 22.2 Å². The second-order valence-electron chi connectivity index (χ2n) is 7.69. The van der Waals surface area contributed by atoms with Crippen LogP contribution in [0.25, 0.3) is 28.2 Å². The number of hydrogen-bond acceptors (Lipinski definition) is 6. The predicted molar refractivity (Wildman–Crippen MR) is 125 cm³/mol. The van der Waals surface area contributed by atoms with Gasteiger partial charge in [-0.1, -0.05) is 17.7 Å². The van der Waals surface area contributed by atoms with Gasteiger partial charge in [-0.05, 0) is 38.1 Å². The number of sulfonamides is 1. The monoisotopic (exact) mass is 515 g/mol. The van der Waals surface area contributed by atoms with Crippen molar-refractivity contribution in [3.8, 4) is 22.6 Å². The molecule has 0 unspecified atom stereocenters. The van der Waals surface area contributed by atoms with Gasteiger partial charge in [0.05, 0.1) is 27.5 Å². The Kier molecular flexibility index (Phi) is 5.49. The highest BCUT2D eigenvalue weighted by Gasteiger charge is 2.23. The Balaban J connectivity index is 1.56. The lowest BCUT2D eigenvalue weighted by molar-refractivity contribution is 0.587. The topological polar surface area (TPSA) is 118 Å². The lowest BCUT2D eigenvalue weighted by Gasteiger charge is -2.14. The van der Waals surface area contributed by atoms with Gasteiger partial charge >= 0.3 is 0 Å². The number of nitrogens with one attached hydrogen (secondary N) is 2. The number of rotatable bonds is 5. The third-order valence-electron chi connectivity index (χ3n) is 5.28. The van der Waals surface area contributed by atoms with E-state index in [-0.39, 0.29) is 21.2 Å². The predicted octanol–water partition coefficient (Wildman–Crippen LogP) is 4.53. The summed E-state index contributed by atoms with van der Waals surface area (Å²) in [4.78, 5) is 11.0. The molecule has 5 aromatic rings. The quantitative estimate of drug-likeness (QED) is 0.355. The van der Waals surface area contributed by atoms with Gasteiger partial charge in [-0.2, -0.15) is 0 Å². The molecule has 0 amide bonds. The van der Waals surface area contributed by atoms with Gasteiger partial charge < -0.3 is 9.38 Å². The van der Waals surface area contributed by atoms with Crippen LogP contribution in [0, 0.1) is 25.5 Å². The van der Waals surface area contributed by atoms with Gasteiger partial charge in [0.15, 0.2) is 11.6 Å². The first-order valence-corrected chi connectivity index (χ1v) is 12.0. The third-order valence-corrected chi connectivity index (χ3v) is 6.96. The van der Waals surface area contributed by atoms with E-state index in [9.17, 15) is 12.8 Å². The van der Waals surface area contributed by atoms with E-state index >= 15 is 4.39 Å². The summed E-state index contributed by atoms with van der Waals surface area (Å²) in [7, 11) is -4.25. The molecule has 0 radical (unpaired) electrons. The number of aromatic amines is 1. The van der Waals surface area contributed by atoms with E-state index in [2.05, 4.69) is 29.9 Å². The molecule has 1 aromatic carbocycles. The van der Waals surface area contributed by atoms with Crippen LogP contribution in [0.3, 0.4) is 0 Å². The molecule has 5 rings (SSSR count). The molecule has 13 heteroatoms. The van der Waals surface area contributed by atoms with Crippen molar-refractivity contribution in [1.82, 2.24) is 29.5 Å². The number of anilines is 1. The normalized spacial score (nSPS) is 11.8. The van der Waals surface area contributed by atoms with Crippen molar-refractivity contribution in [3.05, 3.63) is 77.2 Å². The number of H-pyrrole nitrogens is 1. The molecule has 0 atom stereocenters. The average Bonchev–Trinajstić information content (AvgIpc) is 3.43. The van der Waals surface area contributed by atoms with E-state index in [1.54, 1.807) is 17.4 Å². The second-order valence-corrected chi connectivity index (χ2v) is 9.78.